The number of rotatable bonds is 3. The van der Waals surface area contributed by atoms with Crippen molar-refractivity contribution in [3.63, 3.8) is 0 Å². The van der Waals surface area contributed by atoms with Crippen molar-refractivity contribution >= 4 is 5.91 Å². The van der Waals surface area contributed by atoms with Gasteiger partial charge in [-0.1, -0.05) is 13.3 Å². The van der Waals surface area contributed by atoms with Crippen molar-refractivity contribution in [1.82, 2.24) is 9.80 Å². The Labute approximate surface area is 110 Å². The number of carbonyl (C=O) groups excluding carboxylic acids is 1. The van der Waals surface area contributed by atoms with E-state index in [4.69, 9.17) is 0 Å². The minimum absolute atomic E-state index is 0.184. The fraction of sp³-hybridized carbons (Fsp3) is 0.929. The minimum atomic E-state index is 0.184. The molecule has 4 nitrogen and oxygen atoms in total. The van der Waals surface area contributed by atoms with Crippen molar-refractivity contribution in [2.75, 3.05) is 32.8 Å². The van der Waals surface area contributed by atoms with Crippen molar-refractivity contribution in [1.29, 1.82) is 0 Å². The van der Waals surface area contributed by atoms with Crippen LogP contribution < -0.4 is 0 Å². The summed E-state index contributed by atoms with van der Waals surface area (Å²) in [7, 11) is 0. The van der Waals surface area contributed by atoms with Crippen molar-refractivity contribution < 1.29 is 9.90 Å². The maximum Gasteiger partial charge on any atom is 0.236 e. The summed E-state index contributed by atoms with van der Waals surface area (Å²) in [6.07, 6.45) is 5.74. The maximum absolute atomic E-state index is 12.3. The van der Waals surface area contributed by atoms with Gasteiger partial charge in [0.25, 0.3) is 0 Å². The van der Waals surface area contributed by atoms with Gasteiger partial charge in [0.15, 0.2) is 0 Å². The molecule has 2 fully saturated rings. The molecule has 2 heterocycles. The lowest BCUT2D eigenvalue weighted by atomic mass is 10.00. The van der Waals surface area contributed by atoms with E-state index in [0.717, 1.165) is 38.9 Å². The second-order valence-electron chi connectivity index (χ2n) is 5.89. The Bertz CT molecular complexity index is 283. The Kier molecular flexibility index (Phi) is 5.01. The van der Waals surface area contributed by atoms with Crippen LogP contribution in [0, 0.1) is 5.92 Å². The van der Waals surface area contributed by atoms with E-state index in [1.165, 1.54) is 12.8 Å². The first-order valence-corrected chi connectivity index (χ1v) is 7.33. The zero-order valence-corrected chi connectivity index (χ0v) is 11.5. The highest BCUT2D eigenvalue weighted by Gasteiger charge is 2.27. The summed E-state index contributed by atoms with van der Waals surface area (Å²) < 4.78 is 0. The fourth-order valence-corrected chi connectivity index (χ4v) is 3.16. The Morgan fingerprint density at radius 1 is 1.22 bits per heavy atom. The molecule has 2 aliphatic rings. The van der Waals surface area contributed by atoms with Gasteiger partial charge in [0.05, 0.1) is 13.2 Å². The third-order valence-corrected chi connectivity index (χ3v) is 4.31. The summed E-state index contributed by atoms with van der Waals surface area (Å²) in [6, 6.07) is 0.199. The molecule has 2 aliphatic heterocycles. The second-order valence-corrected chi connectivity index (χ2v) is 5.89. The van der Waals surface area contributed by atoms with Crippen molar-refractivity contribution in [2.45, 2.75) is 45.1 Å². The lowest BCUT2D eigenvalue weighted by Gasteiger charge is -2.37. The monoisotopic (exact) mass is 254 g/mol. The standard InChI is InChI=1S/C14H26N2O2/c1-12-5-4-8-16(9-12)14(18)10-15-7-3-2-6-13(15)11-17/h12-13,17H,2-11H2,1H3/t12?,13-/m1/s1. The summed E-state index contributed by atoms with van der Waals surface area (Å²) in [5.74, 6) is 0.889. The minimum Gasteiger partial charge on any atom is -0.395 e. The van der Waals surface area contributed by atoms with E-state index in [0.29, 0.717) is 12.5 Å². The van der Waals surface area contributed by atoms with Gasteiger partial charge in [-0.05, 0) is 38.1 Å². The van der Waals surface area contributed by atoms with E-state index in [2.05, 4.69) is 11.8 Å². The molecule has 0 aliphatic carbocycles. The molecule has 2 atom stereocenters. The molecule has 2 saturated heterocycles. The molecular weight excluding hydrogens is 228 g/mol. The van der Waals surface area contributed by atoms with Gasteiger partial charge in [-0.15, -0.1) is 0 Å². The number of piperidine rings is 2. The van der Waals surface area contributed by atoms with Crippen LogP contribution in [0.1, 0.15) is 39.0 Å². The SMILES string of the molecule is CC1CCCN(C(=O)CN2CCCC[C@@H]2CO)C1. The molecule has 0 spiro atoms. The van der Waals surface area contributed by atoms with E-state index >= 15 is 0 Å². The van der Waals surface area contributed by atoms with Gasteiger partial charge in [-0.2, -0.15) is 0 Å². The average molecular weight is 254 g/mol. The molecule has 104 valence electrons. The second kappa shape index (κ2) is 6.53. The summed E-state index contributed by atoms with van der Waals surface area (Å²) in [5, 5.41) is 9.36. The highest BCUT2D eigenvalue weighted by atomic mass is 16.3. The van der Waals surface area contributed by atoms with E-state index in [1.807, 2.05) is 4.90 Å². The predicted molar refractivity (Wildman–Crippen MR) is 71.3 cm³/mol. The molecule has 2 rings (SSSR count). The van der Waals surface area contributed by atoms with E-state index in [1.54, 1.807) is 0 Å². The molecule has 0 saturated carbocycles. The highest BCUT2D eigenvalue weighted by Crippen LogP contribution is 2.19. The largest absolute Gasteiger partial charge is 0.395 e. The summed E-state index contributed by atoms with van der Waals surface area (Å²) in [4.78, 5) is 16.5. The van der Waals surface area contributed by atoms with Gasteiger partial charge in [-0.25, -0.2) is 0 Å². The first-order valence-electron chi connectivity index (χ1n) is 7.33. The van der Waals surface area contributed by atoms with E-state index < -0.39 is 0 Å². The van der Waals surface area contributed by atoms with Crippen molar-refractivity contribution in [2.24, 2.45) is 5.92 Å². The first-order chi connectivity index (χ1) is 8.70. The number of hydrogen-bond acceptors (Lipinski definition) is 3. The lowest BCUT2D eigenvalue weighted by Crippen LogP contribution is -2.49. The molecule has 1 unspecified atom stereocenters. The molecule has 0 aromatic carbocycles. The molecule has 0 aromatic rings. The molecule has 1 amide bonds. The van der Waals surface area contributed by atoms with Gasteiger partial charge in [-0.3, -0.25) is 9.69 Å². The predicted octanol–water partition coefficient (Wildman–Crippen LogP) is 1.09. The maximum atomic E-state index is 12.3. The number of likely N-dealkylation sites (tertiary alicyclic amines) is 2. The Morgan fingerprint density at radius 2 is 2.06 bits per heavy atom. The third kappa shape index (κ3) is 3.45. The highest BCUT2D eigenvalue weighted by molar-refractivity contribution is 5.78. The topological polar surface area (TPSA) is 43.8 Å². The summed E-state index contributed by atoms with van der Waals surface area (Å²) in [5.41, 5.74) is 0. The smallest absolute Gasteiger partial charge is 0.236 e. The number of amides is 1. The first kappa shape index (κ1) is 13.8. The lowest BCUT2D eigenvalue weighted by molar-refractivity contribution is -0.135. The number of nitrogens with zero attached hydrogens (tertiary/aromatic N) is 2. The molecule has 4 heteroatoms. The quantitative estimate of drug-likeness (QED) is 0.820. The zero-order valence-electron chi connectivity index (χ0n) is 11.5. The average Bonchev–Trinajstić information content (AvgIpc) is 2.39. The van der Waals surface area contributed by atoms with Gasteiger partial charge >= 0.3 is 0 Å². The van der Waals surface area contributed by atoms with Gasteiger partial charge in [0.1, 0.15) is 0 Å². The van der Waals surface area contributed by atoms with Crippen LogP contribution in [0.4, 0.5) is 0 Å². The van der Waals surface area contributed by atoms with Crippen LogP contribution in [0.15, 0.2) is 0 Å². The molecule has 0 bridgehead atoms. The van der Waals surface area contributed by atoms with Crippen LogP contribution in [0.25, 0.3) is 0 Å². The zero-order chi connectivity index (χ0) is 13.0. The van der Waals surface area contributed by atoms with Crippen molar-refractivity contribution in [3.8, 4) is 0 Å². The number of aliphatic hydroxyl groups is 1. The Hall–Kier alpha value is -0.610. The van der Waals surface area contributed by atoms with Crippen molar-refractivity contribution in [3.05, 3.63) is 0 Å². The normalized spacial score (nSPS) is 30.4. The molecule has 1 N–H and O–H groups in total. The van der Waals surface area contributed by atoms with Crippen LogP contribution in [0.3, 0.4) is 0 Å². The fourth-order valence-electron chi connectivity index (χ4n) is 3.16. The van der Waals surface area contributed by atoms with Gasteiger partial charge in [0.2, 0.25) is 5.91 Å². The molecule has 18 heavy (non-hydrogen) atoms. The molecule has 0 aromatic heterocycles. The Balaban J connectivity index is 1.85. The van der Waals surface area contributed by atoms with Crippen LogP contribution in [0.2, 0.25) is 0 Å². The number of hydrogen-bond donors (Lipinski definition) is 1. The third-order valence-electron chi connectivity index (χ3n) is 4.31. The van der Waals surface area contributed by atoms with E-state index in [9.17, 15) is 9.90 Å². The van der Waals surface area contributed by atoms with Crippen LogP contribution in [-0.4, -0.2) is 59.6 Å². The summed E-state index contributed by atoms with van der Waals surface area (Å²) in [6.45, 7) is 5.69. The molecular formula is C14H26N2O2. The van der Waals surface area contributed by atoms with Gasteiger partial charge in [0, 0.05) is 19.1 Å². The molecule has 0 radical (unpaired) electrons. The van der Waals surface area contributed by atoms with Crippen LogP contribution in [0.5, 0.6) is 0 Å². The number of carbonyl (C=O) groups is 1. The summed E-state index contributed by atoms with van der Waals surface area (Å²) >= 11 is 0. The number of aliphatic hydroxyl groups excluding tert-OH is 1. The Morgan fingerprint density at radius 3 is 2.78 bits per heavy atom. The van der Waals surface area contributed by atoms with Gasteiger partial charge < -0.3 is 10.0 Å². The van der Waals surface area contributed by atoms with Crippen LogP contribution >= 0.6 is 0 Å². The van der Waals surface area contributed by atoms with E-state index in [-0.39, 0.29) is 18.6 Å². The van der Waals surface area contributed by atoms with Crippen LogP contribution in [-0.2, 0) is 4.79 Å².